The van der Waals surface area contributed by atoms with Gasteiger partial charge in [-0.2, -0.15) is 0 Å². The molecule has 2 bridgehead atoms. The molecule has 2 aliphatic heterocycles. The Morgan fingerprint density at radius 2 is 2.14 bits per heavy atom. The van der Waals surface area contributed by atoms with Gasteiger partial charge in [0, 0.05) is 30.8 Å². The molecule has 186 valence electrons. The van der Waals surface area contributed by atoms with Crippen molar-refractivity contribution in [3.05, 3.63) is 64.9 Å². The highest BCUT2D eigenvalue weighted by Crippen LogP contribution is 2.28. The van der Waals surface area contributed by atoms with E-state index in [1.807, 2.05) is 37.3 Å². The molecule has 2 saturated heterocycles. The third kappa shape index (κ3) is 5.79. The monoisotopic (exact) mass is 524 g/mol. The molecule has 3 atom stereocenters. The molecule has 11 heteroatoms. The van der Waals surface area contributed by atoms with Gasteiger partial charge in [-0.15, -0.1) is 0 Å². The molecule has 36 heavy (non-hydrogen) atoms. The first kappa shape index (κ1) is 24.5. The van der Waals surface area contributed by atoms with Crippen molar-refractivity contribution in [1.82, 2.24) is 19.9 Å². The number of ether oxygens (including phenoxy) is 1. The van der Waals surface area contributed by atoms with E-state index >= 15 is 0 Å². The fourth-order valence-electron chi connectivity index (χ4n) is 4.35. The standard InChI is InChI=1S/C25H25ClN6O3S/c1-15(24(34)31-25-29-11-21(26)36-25)16-4-2-5-17(8-16)20-10-28-22(12-27-20)30-23(33)6-3-7-32-13-19-9-18(32)14-35-19/h2-6,8,10-12,15,18-19H,7,9,13-14H2,1H3,(H,28,30,33)(H,29,31,34)/b6-3+/t15-,18?,19?/m0/s1. The Balaban J connectivity index is 1.16. The van der Waals surface area contributed by atoms with Gasteiger partial charge in [0.05, 0.1) is 42.9 Å². The van der Waals surface area contributed by atoms with Gasteiger partial charge in [0.2, 0.25) is 11.8 Å². The smallest absolute Gasteiger partial charge is 0.249 e. The summed E-state index contributed by atoms with van der Waals surface area (Å²) in [6.07, 6.45) is 9.44. The van der Waals surface area contributed by atoms with Crippen molar-refractivity contribution in [3.8, 4) is 11.3 Å². The Bertz CT molecular complexity index is 1280. The predicted molar refractivity (Wildman–Crippen MR) is 139 cm³/mol. The van der Waals surface area contributed by atoms with Crippen molar-refractivity contribution in [2.75, 3.05) is 30.3 Å². The van der Waals surface area contributed by atoms with E-state index in [0.717, 1.165) is 37.2 Å². The van der Waals surface area contributed by atoms with Crippen LogP contribution in [0.3, 0.4) is 0 Å². The number of carbonyl (C=O) groups excluding carboxylic acids is 2. The summed E-state index contributed by atoms with van der Waals surface area (Å²) in [7, 11) is 0. The van der Waals surface area contributed by atoms with E-state index in [1.165, 1.54) is 29.8 Å². The molecule has 2 aromatic heterocycles. The number of thiazole rings is 1. The van der Waals surface area contributed by atoms with Crippen molar-refractivity contribution < 1.29 is 14.3 Å². The number of likely N-dealkylation sites (tertiary alicyclic amines) is 1. The fraction of sp³-hybridized carbons (Fsp3) is 0.320. The van der Waals surface area contributed by atoms with E-state index in [9.17, 15) is 9.59 Å². The molecule has 2 N–H and O–H groups in total. The summed E-state index contributed by atoms with van der Waals surface area (Å²) in [4.78, 5) is 40.1. The summed E-state index contributed by atoms with van der Waals surface area (Å²) in [5.74, 6) is -0.468. The second kappa shape index (κ2) is 10.8. The van der Waals surface area contributed by atoms with E-state index < -0.39 is 5.92 Å². The number of nitrogens with zero attached hydrogens (tertiary/aromatic N) is 4. The van der Waals surface area contributed by atoms with Gasteiger partial charge in [-0.05, 0) is 25.0 Å². The lowest BCUT2D eigenvalue weighted by Crippen LogP contribution is -2.36. The highest BCUT2D eigenvalue weighted by molar-refractivity contribution is 7.19. The van der Waals surface area contributed by atoms with Crippen LogP contribution in [0.4, 0.5) is 10.9 Å². The highest BCUT2D eigenvalue weighted by Gasteiger charge is 2.38. The van der Waals surface area contributed by atoms with E-state index in [4.69, 9.17) is 16.3 Å². The minimum absolute atomic E-state index is 0.180. The first-order valence-electron chi connectivity index (χ1n) is 11.6. The maximum absolute atomic E-state index is 12.6. The van der Waals surface area contributed by atoms with Crippen molar-refractivity contribution in [1.29, 1.82) is 0 Å². The van der Waals surface area contributed by atoms with Gasteiger partial charge in [0.15, 0.2) is 10.9 Å². The van der Waals surface area contributed by atoms with Crippen LogP contribution in [0, 0.1) is 0 Å². The molecule has 0 radical (unpaired) electrons. The number of rotatable bonds is 8. The van der Waals surface area contributed by atoms with Crippen molar-refractivity contribution in [2.45, 2.75) is 31.4 Å². The van der Waals surface area contributed by atoms with Gasteiger partial charge in [-0.3, -0.25) is 19.5 Å². The fourth-order valence-corrected chi connectivity index (χ4v) is 5.17. The van der Waals surface area contributed by atoms with Crippen LogP contribution in [0.5, 0.6) is 0 Å². The van der Waals surface area contributed by atoms with Gasteiger partial charge in [-0.25, -0.2) is 9.97 Å². The summed E-state index contributed by atoms with van der Waals surface area (Å²) < 4.78 is 6.11. The van der Waals surface area contributed by atoms with Crippen molar-refractivity contribution >= 4 is 45.7 Å². The molecule has 1 aromatic carbocycles. The largest absolute Gasteiger partial charge is 0.375 e. The van der Waals surface area contributed by atoms with Crippen LogP contribution in [-0.4, -0.2) is 63.5 Å². The lowest BCUT2D eigenvalue weighted by molar-refractivity contribution is -0.117. The number of morpholine rings is 1. The zero-order valence-corrected chi connectivity index (χ0v) is 21.1. The molecule has 4 heterocycles. The molecule has 5 rings (SSSR count). The maximum Gasteiger partial charge on any atom is 0.249 e. The third-order valence-corrected chi connectivity index (χ3v) is 7.34. The normalized spacial score (nSPS) is 20.1. The van der Waals surface area contributed by atoms with Gasteiger partial charge in [0.25, 0.3) is 0 Å². The molecule has 9 nitrogen and oxygen atoms in total. The summed E-state index contributed by atoms with van der Waals surface area (Å²) in [5, 5.41) is 5.99. The number of aromatic nitrogens is 3. The number of hydrogen-bond acceptors (Lipinski definition) is 8. The van der Waals surface area contributed by atoms with E-state index in [1.54, 1.807) is 6.20 Å². The Labute approximate surface area is 217 Å². The number of hydrogen-bond donors (Lipinski definition) is 2. The second-order valence-corrected chi connectivity index (χ2v) is 10.4. The second-order valence-electron chi connectivity index (χ2n) is 8.78. The summed E-state index contributed by atoms with van der Waals surface area (Å²) in [6.45, 7) is 4.26. The third-order valence-electron chi connectivity index (χ3n) is 6.31. The average Bonchev–Trinajstić information content (AvgIpc) is 3.62. The van der Waals surface area contributed by atoms with Crippen LogP contribution < -0.4 is 10.6 Å². The quantitative estimate of drug-likeness (QED) is 0.429. The molecule has 2 amide bonds. The molecule has 0 aliphatic carbocycles. The molecular formula is C25H25ClN6O3S. The zero-order valence-electron chi connectivity index (χ0n) is 19.6. The molecule has 0 saturated carbocycles. The SMILES string of the molecule is C[C@H](C(=O)Nc1ncc(Cl)s1)c1cccc(-c2cnc(NC(=O)/C=C/CN3CC4CC3CO4)cn2)c1. The Hall–Kier alpha value is -3.18. The number of nitrogens with one attached hydrogen (secondary N) is 2. The van der Waals surface area contributed by atoms with Crippen LogP contribution in [-0.2, 0) is 14.3 Å². The summed E-state index contributed by atoms with van der Waals surface area (Å²) in [6, 6.07) is 8.02. The first-order chi connectivity index (χ1) is 17.4. The molecule has 2 aliphatic rings. The van der Waals surface area contributed by atoms with E-state index in [0.29, 0.717) is 33.1 Å². The van der Waals surface area contributed by atoms with E-state index in [-0.39, 0.29) is 11.8 Å². The molecule has 2 unspecified atom stereocenters. The van der Waals surface area contributed by atoms with E-state index in [2.05, 4.69) is 30.5 Å². The number of halogens is 1. The lowest BCUT2D eigenvalue weighted by Gasteiger charge is -2.24. The van der Waals surface area contributed by atoms with Crippen LogP contribution in [0.15, 0.2) is 55.0 Å². The Morgan fingerprint density at radius 3 is 2.83 bits per heavy atom. The number of fused-ring (bicyclic) bond motifs is 2. The zero-order chi connectivity index (χ0) is 25.1. The number of amides is 2. The number of anilines is 2. The minimum Gasteiger partial charge on any atom is -0.375 e. The predicted octanol–water partition coefficient (Wildman–Crippen LogP) is 3.96. The van der Waals surface area contributed by atoms with Gasteiger partial charge < -0.3 is 15.4 Å². The van der Waals surface area contributed by atoms with Gasteiger partial charge >= 0.3 is 0 Å². The lowest BCUT2D eigenvalue weighted by atomic mass is 9.97. The van der Waals surface area contributed by atoms with Crippen molar-refractivity contribution in [2.24, 2.45) is 0 Å². The van der Waals surface area contributed by atoms with Crippen molar-refractivity contribution in [3.63, 3.8) is 0 Å². The van der Waals surface area contributed by atoms with Crippen LogP contribution >= 0.6 is 22.9 Å². The molecular weight excluding hydrogens is 500 g/mol. The highest BCUT2D eigenvalue weighted by atomic mass is 35.5. The summed E-state index contributed by atoms with van der Waals surface area (Å²) in [5.41, 5.74) is 2.28. The Morgan fingerprint density at radius 1 is 1.25 bits per heavy atom. The topological polar surface area (TPSA) is 109 Å². The number of carbonyl (C=O) groups is 2. The molecule has 0 spiro atoms. The molecule has 2 fully saturated rings. The van der Waals surface area contributed by atoms with Crippen LogP contribution in [0.2, 0.25) is 4.34 Å². The van der Waals surface area contributed by atoms with Crippen LogP contribution in [0.25, 0.3) is 11.3 Å². The molecule has 3 aromatic rings. The number of benzene rings is 1. The maximum atomic E-state index is 12.6. The van der Waals surface area contributed by atoms with Crippen LogP contribution in [0.1, 0.15) is 24.8 Å². The van der Waals surface area contributed by atoms with Gasteiger partial charge in [0.1, 0.15) is 4.34 Å². The average molecular weight is 525 g/mol. The Kier molecular flexibility index (Phi) is 7.38. The first-order valence-corrected chi connectivity index (χ1v) is 12.8. The van der Waals surface area contributed by atoms with Gasteiger partial charge in [-0.1, -0.05) is 47.2 Å². The minimum atomic E-state index is -0.408. The summed E-state index contributed by atoms with van der Waals surface area (Å²) >= 11 is 7.10.